The van der Waals surface area contributed by atoms with Crippen molar-refractivity contribution in [3.63, 3.8) is 0 Å². The minimum atomic E-state index is -0.572. The van der Waals surface area contributed by atoms with Crippen molar-refractivity contribution in [2.24, 2.45) is 0 Å². The zero-order valence-corrected chi connectivity index (χ0v) is 15.7. The van der Waals surface area contributed by atoms with Gasteiger partial charge in [-0.15, -0.1) is 0 Å². The van der Waals surface area contributed by atoms with Crippen LogP contribution in [0.15, 0.2) is 36.4 Å². The van der Waals surface area contributed by atoms with Gasteiger partial charge in [0.05, 0.1) is 6.04 Å². The van der Waals surface area contributed by atoms with E-state index in [4.69, 9.17) is 16.3 Å². The Morgan fingerprint density at radius 3 is 2.64 bits per heavy atom. The van der Waals surface area contributed by atoms with Gasteiger partial charge in [-0.2, -0.15) is 0 Å². The van der Waals surface area contributed by atoms with Crippen molar-refractivity contribution in [2.45, 2.75) is 52.2 Å². The van der Waals surface area contributed by atoms with Gasteiger partial charge in [-0.05, 0) is 80.5 Å². The maximum Gasteiger partial charge on any atom is 0.261 e. The minimum absolute atomic E-state index is 0.0450. The van der Waals surface area contributed by atoms with Crippen LogP contribution in [0.4, 0.5) is 0 Å². The lowest BCUT2D eigenvalue weighted by Gasteiger charge is -2.20. The molecule has 0 unspecified atom stereocenters. The molecule has 2 atom stereocenters. The van der Waals surface area contributed by atoms with Gasteiger partial charge < -0.3 is 10.1 Å². The molecule has 0 fully saturated rings. The molecule has 1 aliphatic carbocycles. The van der Waals surface area contributed by atoms with Crippen molar-refractivity contribution in [1.82, 2.24) is 5.32 Å². The van der Waals surface area contributed by atoms with E-state index >= 15 is 0 Å². The van der Waals surface area contributed by atoms with Crippen LogP contribution in [0.25, 0.3) is 0 Å². The molecule has 3 rings (SSSR count). The molecule has 4 heteroatoms. The van der Waals surface area contributed by atoms with Gasteiger partial charge in [0.15, 0.2) is 6.10 Å². The van der Waals surface area contributed by atoms with Crippen LogP contribution in [0.1, 0.15) is 48.6 Å². The van der Waals surface area contributed by atoms with Crippen LogP contribution < -0.4 is 10.1 Å². The second-order valence-corrected chi connectivity index (χ2v) is 7.19. The monoisotopic (exact) mass is 357 g/mol. The quantitative estimate of drug-likeness (QED) is 0.836. The molecule has 0 saturated heterocycles. The summed E-state index contributed by atoms with van der Waals surface area (Å²) in [5.74, 6) is 0.523. The van der Waals surface area contributed by atoms with Gasteiger partial charge >= 0.3 is 0 Å². The largest absolute Gasteiger partial charge is 0.481 e. The van der Waals surface area contributed by atoms with Crippen LogP contribution in [0.3, 0.4) is 0 Å². The topological polar surface area (TPSA) is 38.3 Å². The first kappa shape index (κ1) is 17.8. The van der Waals surface area contributed by atoms with Crippen molar-refractivity contribution < 1.29 is 9.53 Å². The summed E-state index contributed by atoms with van der Waals surface area (Å²) in [4.78, 5) is 12.5. The molecular formula is C21H24ClNO2. The summed E-state index contributed by atoms with van der Waals surface area (Å²) in [7, 11) is 0. The van der Waals surface area contributed by atoms with Crippen LogP contribution in [0.2, 0.25) is 5.02 Å². The number of carbonyl (C=O) groups is 1. The molecule has 3 nitrogen and oxygen atoms in total. The number of nitrogens with one attached hydrogen (secondary N) is 1. The third-order valence-corrected chi connectivity index (χ3v) is 5.22. The van der Waals surface area contributed by atoms with Gasteiger partial charge in [-0.25, -0.2) is 0 Å². The average Bonchev–Trinajstić information content (AvgIpc) is 3.05. The number of aryl methyl sites for hydroxylation is 3. The fourth-order valence-corrected chi connectivity index (χ4v) is 3.34. The molecule has 2 aromatic carbocycles. The zero-order valence-electron chi connectivity index (χ0n) is 14.9. The van der Waals surface area contributed by atoms with E-state index in [-0.39, 0.29) is 11.9 Å². The number of carbonyl (C=O) groups excluding carboxylic acids is 1. The van der Waals surface area contributed by atoms with E-state index < -0.39 is 6.10 Å². The number of benzene rings is 2. The second kappa shape index (κ2) is 7.49. The van der Waals surface area contributed by atoms with E-state index in [0.29, 0.717) is 10.8 Å². The first-order chi connectivity index (χ1) is 11.9. The van der Waals surface area contributed by atoms with Crippen molar-refractivity contribution in [1.29, 1.82) is 0 Å². The van der Waals surface area contributed by atoms with Gasteiger partial charge in [0.1, 0.15) is 5.75 Å². The highest BCUT2D eigenvalue weighted by atomic mass is 35.5. The summed E-state index contributed by atoms with van der Waals surface area (Å²) < 4.78 is 5.75. The highest BCUT2D eigenvalue weighted by Crippen LogP contribution is 2.26. The van der Waals surface area contributed by atoms with E-state index in [1.807, 2.05) is 19.9 Å². The van der Waals surface area contributed by atoms with Crippen LogP contribution in [0.5, 0.6) is 5.75 Å². The standard InChI is InChI=1S/C21H24ClNO2/c1-13-11-19(9-10-20(13)22)25-15(3)21(24)23-14(2)17-8-7-16-5-4-6-18(16)12-17/h7-12,14-15H,4-6H2,1-3H3,(H,23,24)/t14-,15-/m0/s1. The van der Waals surface area contributed by atoms with Gasteiger partial charge in [0.25, 0.3) is 5.91 Å². The maximum atomic E-state index is 12.5. The Balaban J connectivity index is 1.61. The molecule has 2 aromatic rings. The second-order valence-electron chi connectivity index (χ2n) is 6.78. The first-order valence-electron chi connectivity index (χ1n) is 8.79. The molecule has 0 saturated carbocycles. The summed E-state index contributed by atoms with van der Waals surface area (Å²) in [6, 6.07) is 11.9. The number of hydrogen-bond acceptors (Lipinski definition) is 2. The Hall–Kier alpha value is -2.00. The molecule has 1 N–H and O–H groups in total. The van der Waals surface area contributed by atoms with E-state index in [1.54, 1.807) is 19.1 Å². The normalized spacial score (nSPS) is 15.4. The predicted molar refractivity (Wildman–Crippen MR) is 101 cm³/mol. The SMILES string of the molecule is Cc1cc(O[C@@H](C)C(=O)N[C@@H](C)c2ccc3c(c2)CCC3)ccc1Cl. The third kappa shape index (κ3) is 4.16. The maximum absolute atomic E-state index is 12.5. The van der Waals surface area contributed by atoms with E-state index in [0.717, 1.165) is 17.5 Å². The summed E-state index contributed by atoms with van der Waals surface area (Å²) in [6.07, 6.45) is 2.96. The van der Waals surface area contributed by atoms with E-state index in [1.165, 1.54) is 24.0 Å². The summed E-state index contributed by atoms with van der Waals surface area (Å²) >= 11 is 6.02. The highest BCUT2D eigenvalue weighted by Gasteiger charge is 2.19. The smallest absolute Gasteiger partial charge is 0.261 e. The van der Waals surface area contributed by atoms with E-state index in [9.17, 15) is 4.79 Å². The lowest BCUT2D eigenvalue weighted by Crippen LogP contribution is -2.37. The van der Waals surface area contributed by atoms with Gasteiger partial charge in [-0.1, -0.05) is 29.8 Å². The average molecular weight is 358 g/mol. The fourth-order valence-electron chi connectivity index (χ4n) is 3.22. The van der Waals surface area contributed by atoms with Crippen molar-refractivity contribution >= 4 is 17.5 Å². The molecule has 0 heterocycles. The molecule has 0 bridgehead atoms. The van der Waals surface area contributed by atoms with Crippen LogP contribution >= 0.6 is 11.6 Å². The number of hydrogen-bond donors (Lipinski definition) is 1. The summed E-state index contributed by atoms with van der Waals surface area (Å²) in [6.45, 7) is 5.68. The Morgan fingerprint density at radius 1 is 1.12 bits per heavy atom. The van der Waals surface area contributed by atoms with Gasteiger partial charge in [-0.3, -0.25) is 4.79 Å². The molecular weight excluding hydrogens is 334 g/mol. The molecule has 0 aliphatic heterocycles. The molecule has 1 aliphatic rings. The Labute approximate surface area is 154 Å². The third-order valence-electron chi connectivity index (χ3n) is 4.79. The van der Waals surface area contributed by atoms with E-state index in [2.05, 4.69) is 23.5 Å². The Bertz CT molecular complexity index is 787. The van der Waals surface area contributed by atoms with Gasteiger partial charge in [0.2, 0.25) is 0 Å². The van der Waals surface area contributed by atoms with Crippen LogP contribution in [0, 0.1) is 6.92 Å². The fraction of sp³-hybridized carbons (Fsp3) is 0.381. The molecule has 25 heavy (non-hydrogen) atoms. The summed E-state index contributed by atoms with van der Waals surface area (Å²) in [5, 5.41) is 3.73. The molecule has 0 aromatic heterocycles. The van der Waals surface area contributed by atoms with Crippen LogP contribution in [-0.4, -0.2) is 12.0 Å². The zero-order chi connectivity index (χ0) is 18.0. The van der Waals surface area contributed by atoms with Crippen LogP contribution in [-0.2, 0) is 17.6 Å². The van der Waals surface area contributed by atoms with Crippen molar-refractivity contribution in [3.8, 4) is 5.75 Å². The molecule has 0 radical (unpaired) electrons. The number of amides is 1. The first-order valence-corrected chi connectivity index (χ1v) is 9.16. The Morgan fingerprint density at radius 2 is 1.88 bits per heavy atom. The predicted octanol–water partition coefficient (Wildman–Crippen LogP) is 4.78. The minimum Gasteiger partial charge on any atom is -0.481 e. The van der Waals surface area contributed by atoms with Gasteiger partial charge in [0, 0.05) is 5.02 Å². The number of halogens is 1. The molecule has 0 spiro atoms. The highest BCUT2D eigenvalue weighted by molar-refractivity contribution is 6.31. The van der Waals surface area contributed by atoms with Crippen molar-refractivity contribution in [3.05, 3.63) is 63.7 Å². The lowest BCUT2D eigenvalue weighted by atomic mass is 10.0. The lowest BCUT2D eigenvalue weighted by molar-refractivity contribution is -0.127. The number of ether oxygens (including phenoxy) is 1. The number of fused-ring (bicyclic) bond motifs is 1. The number of rotatable bonds is 5. The summed E-state index contributed by atoms with van der Waals surface area (Å²) in [5.41, 5.74) is 4.93. The molecule has 1 amide bonds. The van der Waals surface area contributed by atoms with Crippen molar-refractivity contribution in [2.75, 3.05) is 0 Å². The molecule has 132 valence electrons. The Kier molecular flexibility index (Phi) is 5.33.